The van der Waals surface area contributed by atoms with Gasteiger partial charge in [0.2, 0.25) is 0 Å². The third kappa shape index (κ3) is 3.23. The molecule has 2 atom stereocenters. The van der Waals surface area contributed by atoms with Gasteiger partial charge in [-0.2, -0.15) is 0 Å². The van der Waals surface area contributed by atoms with Crippen molar-refractivity contribution in [1.82, 2.24) is 25.1 Å². The van der Waals surface area contributed by atoms with Gasteiger partial charge in [-0.25, -0.2) is 4.68 Å². The van der Waals surface area contributed by atoms with Crippen molar-refractivity contribution in [1.29, 1.82) is 0 Å². The summed E-state index contributed by atoms with van der Waals surface area (Å²) >= 11 is 0. The van der Waals surface area contributed by atoms with Gasteiger partial charge in [-0.15, -0.1) is 5.10 Å². The molecule has 0 bridgehead atoms. The topological polar surface area (TPSA) is 73.1 Å². The second-order valence-corrected chi connectivity index (χ2v) is 7.51. The van der Waals surface area contributed by atoms with Crippen LogP contribution in [0.5, 0.6) is 0 Å². The van der Waals surface area contributed by atoms with E-state index in [4.69, 9.17) is 4.74 Å². The highest BCUT2D eigenvalue weighted by Gasteiger charge is 2.46. The first-order valence-corrected chi connectivity index (χ1v) is 9.32. The van der Waals surface area contributed by atoms with Crippen molar-refractivity contribution < 1.29 is 9.53 Å². The Balaban J connectivity index is 1.45. The van der Waals surface area contributed by atoms with Gasteiger partial charge in [0.25, 0.3) is 5.91 Å². The highest BCUT2D eigenvalue weighted by Crippen LogP contribution is 2.46. The number of carbonyl (C=O) groups is 1. The number of rotatable bonds is 4. The van der Waals surface area contributed by atoms with Crippen LogP contribution in [-0.2, 0) is 11.3 Å². The van der Waals surface area contributed by atoms with Gasteiger partial charge in [-0.1, -0.05) is 18.6 Å². The lowest BCUT2D eigenvalue weighted by Gasteiger charge is -2.43. The molecule has 1 aliphatic carbocycles. The summed E-state index contributed by atoms with van der Waals surface area (Å²) in [6.07, 6.45) is 7.58. The summed E-state index contributed by atoms with van der Waals surface area (Å²) in [5.41, 5.74) is 1.97. The summed E-state index contributed by atoms with van der Waals surface area (Å²) in [6, 6.07) is 7.77. The Morgan fingerprint density at radius 1 is 1.27 bits per heavy atom. The Hall–Kier alpha value is -2.28. The van der Waals surface area contributed by atoms with Crippen LogP contribution in [0.3, 0.4) is 0 Å². The Kier molecular flexibility index (Phi) is 4.72. The van der Waals surface area contributed by atoms with Crippen molar-refractivity contribution in [2.24, 2.45) is 5.41 Å². The van der Waals surface area contributed by atoms with Gasteiger partial charge in [-0.05, 0) is 53.8 Å². The average Bonchev–Trinajstić information content (AvgIpc) is 3.32. The van der Waals surface area contributed by atoms with Gasteiger partial charge in [0.15, 0.2) is 0 Å². The van der Waals surface area contributed by atoms with Crippen molar-refractivity contribution in [2.45, 2.75) is 44.8 Å². The number of hydrogen-bond donors (Lipinski definition) is 0. The fourth-order valence-electron chi connectivity index (χ4n) is 4.65. The molecular formula is C19H25N5O2. The van der Waals surface area contributed by atoms with E-state index in [9.17, 15) is 4.79 Å². The van der Waals surface area contributed by atoms with Crippen molar-refractivity contribution in [2.75, 3.05) is 20.2 Å². The van der Waals surface area contributed by atoms with Gasteiger partial charge in [-0.3, -0.25) is 4.79 Å². The summed E-state index contributed by atoms with van der Waals surface area (Å²) in [5.74, 6) is 0.125. The molecule has 4 rings (SSSR count). The number of piperidine rings is 1. The predicted octanol–water partition coefficient (Wildman–Crippen LogP) is 2.14. The molecule has 7 heteroatoms. The van der Waals surface area contributed by atoms with Gasteiger partial charge in [0, 0.05) is 31.2 Å². The number of benzene rings is 1. The van der Waals surface area contributed by atoms with E-state index in [0.717, 1.165) is 37.1 Å². The van der Waals surface area contributed by atoms with E-state index in [1.54, 1.807) is 11.0 Å². The first-order chi connectivity index (χ1) is 12.7. The zero-order chi connectivity index (χ0) is 18.0. The molecule has 2 aliphatic rings. The monoisotopic (exact) mass is 355 g/mol. The lowest BCUT2D eigenvalue weighted by molar-refractivity contribution is -0.0295. The van der Waals surface area contributed by atoms with Crippen LogP contribution in [-0.4, -0.2) is 57.3 Å². The van der Waals surface area contributed by atoms with Crippen LogP contribution < -0.4 is 0 Å². The molecule has 7 nitrogen and oxygen atoms in total. The Morgan fingerprint density at radius 3 is 2.81 bits per heavy atom. The van der Waals surface area contributed by atoms with E-state index in [1.165, 1.54) is 19.3 Å². The van der Waals surface area contributed by atoms with Crippen LogP contribution in [0.2, 0.25) is 0 Å². The highest BCUT2D eigenvalue weighted by molar-refractivity contribution is 5.94. The Labute approximate surface area is 153 Å². The van der Waals surface area contributed by atoms with Crippen molar-refractivity contribution in [3.05, 3.63) is 41.7 Å². The molecule has 2 fully saturated rings. The molecule has 138 valence electrons. The third-order valence-electron chi connectivity index (χ3n) is 5.94. The van der Waals surface area contributed by atoms with Crippen LogP contribution in [0.1, 0.15) is 48.0 Å². The van der Waals surface area contributed by atoms with Crippen LogP contribution in [0.15, 0.2) is 30.6 Å². The SMILES string of the molecule is CO[C@@H]1CCC[C@]12CCCN(C(=O)c1ccc(Cn3cnnn3)cc1)C2. The number of amides is 1. The second kappa shape index (κ2) is 7.15. The molecule has 2 heterocycles. The molecule has 1 aliphatic heterocycles. The van der Waals surface area contributed by atoms with Gasteiger partial charge in [0.05, 0.1) is 12.6 Å². The standard InChI is InChI=1S/C19H25N5O2/c1-26-17-4-2-9-19(17)10-3-11-23(13-19)18(25)16-7-5-15(6-8-16)12-24-14-20-21-22-24/h5-8,14,17H,2-4,9-13H2,1H3/t17-,19-/m1/s1. The molecule has 0 radical (unpaired) electrons. The van der Waals surface area contributed by atoms with E-state index < -0.39 is 0 Å². The fraction of sp³-hybridized carbons (Fsp3) is 0.579. The van der Waals surface area contributed by atoms with Crippen molar-refractivity contribution in [3.8, 4) is 0 Å². The van der Waals surface area contributed by atoms with Crippen LogP contribution in [0.4, 0.5) is 0 Å². The molecule has 1 saturated carbocycles. The fourth-order valence-corrected chi connectivity index (χ4v) is 4.65. The third-order valence-corrected chi connectivity index (χ3v) is 5.94. The van der Waals surface area contributed by atoms with Crippen LogP contribution >= 0.6 is 0 Å². The minimum absolute atomic E-state index is 0.125. The minimum atomic E-state index is 0.125. The zero-order valence-corrected chi connectivity index (χ0v) is 15.2. The maximum atomic E-state index is 13.0. The molecule has 1 aromatic carbocycles. The van der Waals surface area contributed by atoms with E-state index in [0.29, 0.717) is 6.54 Å². The summed E-state index contributed by atoms with van der Waals surface area (Å²) in [4.78, 5) is 15.0. The average molecular weight is 355 g/mol. The number of methoxy groups -OCH3 is 1. The highest BCUT2D eigenvalue weighted by atomic mass is 16.5. The lowest BCUT2D eigenvalue weighted by Crippen LogP contribution is -2.49. The first-order valence-electron chi connectivity index (χ1n) is 9.32. The van der Waals surface area contributed by atoms with E-state index in [1.807, 2.05) is 36.3 Å². The van der Waals surface area contributed by atoms with Crippen molar-refractivity contribution in [3.63, 3.8) is 0 Å². The molecule has 1 spiro atoms. The van der Waals surface area contributed by atoms with Crippen molar-refractivity contribution >= 4 is 5.91 Å². The number of nitrogens with zero attached hydrogens (tertiary/aromatic N) is 5. The summed E-state index contributed by atoms with van der Waals surface area (Å²) in [7, 11) is 1.81. The number of carbonyl (C=O) groups excluding carboxylic acids is 1. The zero-order valence-electron chi connectivity index (χ0n) is 15.2. The van der Waals surface area contributed by atoms with Gasteiger partial charge >= 0.3 is 0 Å². The Morgan fingerprint density at radius 2 is 2.08 bits per heavy atom. The van der Waals surface area contributed by atoms with E-state index in [2.05, 4.69) is 15.5 Å². The van der Waals surface area contributed by atoms with Crippen LogP contribution in [0, 0.1) is 5.41 Å². The molecule has 1 amide bonds. The molecule has 0 N–H and O–H groups in total. The second-order valence-electron chi connectivity index (χ2n) is 7.51. The summed E-state index contributed by atoms with van der Waals surface area (Å²) in [5, 5.41) is 11.1. The first kappa shape index (κ1) is 17.1. The number of likely N-dealkylation sites (tertiary alicyclic amines) is 1. The number of hydrogen-bond acceptors (Lipinski definition) is 5. The van der Waals surface area contributed by atoms with Crippen LogP contribution in [0.25, 0.3) is 0 Å². The number of ether oxygens (including phenoxy) is 1. The quantitative estimate of drug-likeness (QED) is 0.840. The minimum Gasteiger partial charge on any atom is -0.381 e. The smallest absolute Gasteiger partial charge is 0.253 e. The van der Waals surface area contributed by atoms with Gasteiger partial charge < -0.3 is 9.64 Å². The summed E-state index contributed by atoms with van der Waals surface area (Å²) < 4.78 is 7.41. The molecule has 26 heavy (non-hydrogen) atoms. The van der Waals surface area contributed by atoms with E-state index in [-0.39, 0.29) is 17.4 Å². The maximum Gasteiger partial charge on any atom is 0.253 e. The number of tetrazole rings is 1. The largest absolute Gasteiger partial charge is 0.381 e. The molecule has 1 saturated heterocycles. The maximum absolute atomic E-state index is 13.0. The number of aromatic nitrogens is 4. The lowest BCUT2D eigenvalue weighted by atomic mass is 9.76. The molecular weight excluding hydrogens is 330 g/mol. The molecule has 0 unspecified atom stereocenters. The molecule has 2 aromatic rings. The predicted molar refractivity (Wildman–Crippen MR) is 95.6 cm³/mol. The Bertz CT molecular complexity index is 746. The van der Waals surface area contributed by atoms with Gasteiger partial charge in [0.1, 0.15) is 6.33 Å². The molecule has 1 aromatic heterocycles. The normalized spacial score (nSPS) is 25.7. The summed E-state index contributed by atoms with van der Waals surface area (Å²) in [6.45, 7) is 2.25. The van der Waals surface area contributed by atoms with E-state index >= 15 is 0 Å².